The SMILES string of the molecule is Cc1nc2scc(-c3ccccc3)c2c(=O)n1N=Cc1ccc([N+](=O)[O-])cc1. The molecule has 0 aliphatic carbocycles. The molecule has 0 aliphatic heterocycles. The first-order chi connectivity index (χ1) is 13.5. The first-order valence-corrected chi connectivity index (χ1v) is 9.27. The lowest BCUT2D eigenvalue weighted by molar-refractivity contribution is -0.384. The Morgan fingerprint density at radius 1 is 1.14 bits per heavy atom. The second-order valence-corrected chi connectivity index (χ2v) is 6.92. The molecule has 0 bridgehead atoms. The van der Waals surface area contributed by atoms with Crippen LogP contribution >= 0.6 is 11.3 Å². The summed E-state index contributed by atoms with van der Waals surface area (Å²) in [5.41, 5.74) is 2.17. The fourth-order valence-corrected chi connectivity index (χ4v) is 3.84. The van der Waals surface area contributed by atoms with Gasteiger partial charge in [-0.3, -0.25) is 14.9 Å². The van der Waals surface area contributed by atoms with Gasteiger partial charge in [-0.25, -0.2) is 4.98 Å². The maximum Gasteiger partial charge on any atom is 0.283 e. The lowest BCUT2D eigenvalue weighted by Gasteiger charge is -2.05. The molecule has 0 atom stereocenters. The van der Waals surface area contributed by atoms with Crippen molar-refractivity contribution in [1.29, 1.82) is 0 Å². The molecule has 4 rings (SSSR count). The molecule has 0 saturated heterocycles. The maximum absolute atomic E-state index is 13.1. The van der Waals surface area contributed by atoms with Crippen LogP contribution in [0.4, 0.5) is 5.69 Å². The van der Waals surface area contributed by atoms with Crippen molar-refractivity contribution in [3.63, 3.8) is 0 Å². The van der Waals surface area contributed by atoms with E-state index < -0.39 is 4.92 Å². The molecule has 0 unspecified atom stereocenters. The number of aryl methyl sites for hydroxylation is 1. The van der Waals surface area contributed by atoms with Crippen molar-refractivity contribution in [2.75, 3.05) is 0 Å². The lowest BCUT2D eigenvalue weighted by Crippen LogP contribution is -2.20. The predicted molar refractivity (Wildman–Crippen MR) is 110 cm³/mol. The summed E-state index contributed by atoms with van der Waals surface area (Å²) in [6.45, 7) is 1.72. The van der Waals surface area contributed by atoms with Gasteiger partial charge in [-0.2, -0.15) is 9.78 Å². The molecule has 0 aliphatic rings. The summed E-state index contributed by atoms with van der Waals surface area (Å²) in [6, 6.07) is 15.6. The van der Waals surface area contributed by atoms with Crippen molar-refractivity contribution < 1.29 is 4.92 Å². The van der Waals surface area contributed by atoms with Crippen molar-refractivity contribution in [1.82, 2.24) is 9.66 Å². The number of benzene rings is 2. The Labute approximate surface area is 163 Å². The highest BCUT2D eigenvalue weighted by molar-refractivity contribution is 7.17. The standard InChI is InChI=1S/C20H14N4O3S/c1-13-22-19-18(17(12-28-19)15-5-3-2-4-6-15)20(25)23(13)21-11-14-7-9-16(10-8-14)24(26)27/h2-12H,1H3. The first-order valence-electron chi connectivity index (χ1n) is 8.39. The third-order valence-corrected chi connectivity index (χ3v) is 5.13. The Morgan fingerprint density at radius 3 is 2.54 bits per heavy atom. The van der Waals surface area contributed by atoms with Crippen LogP contribution in [0.5, 0.6) is 0 Å². The van der Waals surface area contributed by atoms with E-state index in [2.05, 4.69) is 10.1 Å². The van der Waals surface area contributed by atoms with Crippen LogP contribution in [0.1, 0.15) is 11.4 Å². The Hall–Kier alpha value is -3.65. The van der Waals surface area contributed by atoms with Crippen molar-refractivity contribution in [3.05, 3.63) is 91.8 Å². The molecular weight excluding hydrogens is 376 g/mol. The number of aromatic nitrogens is 2. The third-order valence-electron chi connectivity index (χ3n) is 4.26. The van der Waals surface area contributed by atoms with Crippen molar-refractivity contribution in [2.24, 2.45) is 5.10 Å². The number of non-ortho nitro benzene ring substituents is 1. The summed E-state index contributed by atoms with van der Waals surface area (Å²) in [6.07, 6.45) is 1.49. The second-order valence-electron chi connectivity index (χ2n) is 6.06. The summed E-state index contributed by atoms with van der Waals surface area (Å²) >= 11 is 1.42. The molecule has 7 nitrogen and oxygen atoms in total. The predicted octanol–water partition coefficient (Wildman–Crippen LogP) is 4.22. The molecule has 2 aromatic carbocycles. The van der Waals surface area contributed by atoms with Gasteiger partial charge in [-0.05, 0) is 30.2 Å². The number of nitrogens with zero attached hydrogens (tertiary/aromatic N) is 4. The molecule has 0 fully saturated rings. The van der Waals surface area contributed by atoms with E-state index in [1.807, 2.05) is 35.7 Å². The molecule has 0 spiro atoms. The van der Waals surface area contributed by atoms with Crippen molar-refractivity contribution in [3.8, 4) is 11.1 Å². The Morgan fingerprint density at radius 2 is 1.86 bits per heavy atom. The van der Waals surface area contributed by atoms with Gasteiger partial charge in [-0.15, -0.1) is 11.3 Å². The summed E-state index contributed by atoms with van der Waals surface area (Å²) in [4.78, 5) is 28.6. The number of hydrogen-bond donors (Lipinski definition) is 0. The largest absolute Gasteiger partial charge is 0.283 e. The number of nitro groups is 1. The second kappa shape index (κ2) is 7.16. The minimum atomic E-state index is -0.463. The zero-order valence-corrected chi connectivity index (χ0v) is 15.6. The molecule has 0 saturated carbocycles. The van der Waals surface area contributed by atoms with Crippen LogP contribution in [0.3, 0.4) is 0 Å². The summed E-state index contributed by atoms with van der Waals surface area (Å²) in [7, 11) is 0. The normalized spacial score (nSPS) is 11.3. The van der Waals surface area contributed by atoms with E-state index in [0.717, 1.165) is 11.1 Å². The first kappa shape index (κ1) is 17.7. The minimum Gasteiger partial charge on any atom is -0.267 e. The lowest BCUT2D eigenvalue weighted by atomic mass is 10.1. The molecule has 0 amide bonds. The molecule has 2 heterocycles. The van der Waals surface area contributed by atoms with Crippen LogP contribution in [0.2, 0.25) is 0 Å². The van der Waals surface area contributed by atoms with Crippen LogP contribution < -0.4 is 5.56 Å². The average Bonchev–Trinajstić information content (AvgIpc) is 3.12. The molecule has 0 radical (unpaired) electrons. The molecule has 8 heteroatoms. The van der Waals surface area contributed by atoms with E-state index in [1.54, 1.807) is 19.1 Å². The van der Waals surface area contributed by atoms with Crippen LogP contribution in [-0.4, -0.2) is 20.8 Å². The Kier molecular flexibility index (Phi) is 4.54. The van der Waals surface area contributed by atoms with Crippen LogP contribution in [-0.2, 0) is 0 Å². The minimum absolute atomic E-state index is 0.000593. The number of fused-ring (bicyclic) bond motifs is 1. The molecule has 0 N–H and O–H groups in total. The smallest absolute Gasteiger partial charge is 0.267 e. The van der Waals surface area contributed by atoms with E-state index >= 15 is 0 Å². The van der Waals surface area contributed by atoms with Gasteiger partial charge >= 0.3 is 0 Å². The van der Waals surface area contributed by atoms with Crippen LogP contribution in [0.15, 0.2) is 69.9 Å². The fourth-order valence-electron chi connectivity index (χ4n) is 2.86. The van der Waals surface area contributed by atoms with E-state index in [0.29, 0.717) is 21.6 Å². The topological polar surface area (TPSA) is 90.4 Å². The Balaban J connectivity index is 1.79. The van der Waals surface area contributed by atoms with Crippen LogP contribution in [0.25, 0.3) is 21.3 Å². The number of thiophene rings is 1. The van der Waals surface area contributed by atoms with E-state index in [-0.39, 0.29) is 11.2 Å². The van der Waals surface area contributed by atoms with E-state index in [4.69, 9.17) is 0 Å². The van der Waals surface area contributed by atoms with Gasteiger partial charge in [0.25, 0.3) is 11.2 Å². The zero-order valence-electron chi connectivity index (χ0n) is 14.8. The van der Waals surface area contributed by atoms with Gasteiger partial charge in [0.05, 0.1) is 16.5 Å². The number of rotatable bonds is 4. The fraction of sp³-hybridized carbons (Fsp3) is 0.0500. The van der Waals surface area contributed by atoms with Crippen LogP contribution in [0, 0.1) is 17.0 Å². The maximum atomic E-state index is 13.1. The van der Waals surface area contributed by atoms with E-state index in [1.165, 1.54) is 34.4 Å². The summed E-state index contributed by atoms with van der Waals surface area (Å²) in [5.74, 6) is 0.470. The third kappa shape index (κ3) is 3.21. The highest BCUT2D eigenvalue weighted by Gasteiger charge is 2.15. The van der Waals surface area contributed by atoms with Crippen molar-refractivity contribution >= 4 is 33.5 Å². The molecule has 28 heavy (non-hydrogen) atoms. The molecule has 138 valence electrons. The van der Waals surface area contributed by atoms with Gasteiger partial charge < -0.3 is 0 Å². The summed E-state index contributed by atoms with van der Waals surface area (Å²) in [5, 5.41) is 17.5. The molecule has 4 aromatic rings. The molecular formula is C20H14N4O3S. The van der Waals surface area contributed by atoms with Gasteiger partial charge in [-0.1, -0.05) is 30.3 Å². The monoisotopic (exact) mass is 390 g/mol. The highest BCUT2D eigenvalue weighted by atomic mass is 32.1. The number of hydrogen-bond acceptors (Lipinski definition) is 6. The Bertz CT molecular complexity index is 1260. The number of nitro benzene ring substituents is 1. The van der Waals surface area contributed by atoms with Gasteiger partial charge in [0.15, 0.2) is 0 Å². The quantitative estimate of drug-likeness (QED) is 0.296. The van der Waals surface area contributed by atoms with Gasteiger partial charge in [0.2, 0.25) is 0 Å². The van der Waals surface area contributed by atoms with Crippen molar-refractivity contribution in [2.45, 2.75) is 6.92 Å². The zero-order chi connectivity index (χ0) is 19.7. The van der Waals surface area contributed by atoms with E-state index in [9.17, 15) is 14.9 Å². The summed E-state index contributed by atoms with van der Waals surface area (Å²) < 4.78 is 1.25. The highest BCUT2D eigenvalue weighted by Crippen LogP contribution is 2.30. The molecule has 2 aromatic heterocycles. The van der Waals surface area contributed by atoms with Gasteiger partial charge in [0.1, 0.15) is 10.7 Å². The average molecular weight is 390 g/mol. The van der Waals surface area contributed by atoms with Gasteiger partial charge in [0, 0.05) is 23.1 Å².